The average Bonchev–Trinajstić information content (AvgIpc) is 3.27. The third kappa shape index (κ3) is 12.9. The maximum absolute atomic E-state index is 14.2. The molecule has 2 amide bonds. The summed E-state index contributed by atoms with van der Waals surface area (Å²) in [5.41, 5.74) is 2.45. The Bertz CT molecular complexity index is 2220. The highest BCUT2D eigenvalue weighted by molar-refractivity contribution is 6.11. The van der Waals surface area contributed by atoms with Crippen LogP contribution >= 0.6 is 0 Å². The summed E-state index contributed by atoms with van der Waals surface area (Å²) < 4.78 is 24.4. The number of para-hydroxylation sites is 2. The maximum atomic E-state index is 14.2. The molecule has 11 heteroatoms. The van der Waals surface area contributed by atoms with E-state index in [1.54, 1.807) is 36.4 Å². The molecule has 0 aromatic heterocycles. The summed E-state index contributed by atoms with van der Waals surface area (Å²) in [6.45, 7) is 7.31. The Labute approximate surface area is 353 Å². The van der Waals surface area contributed by atoms with E-state index in [0.717, 1.165) is 82.2 Å². The fraction of sp³-hybridized carbons (Fsp3) is 0.347. The smallest absolute Gasteiger partial charge is 0.258 e. The molecule has 0 atom stereocenters. The van der Waals surface area contributed by atoms with Gasteiger partial charge in [0.2, 0.25) is 0 Å². The van der Waals surface area contributed by atoms with Gasteiger partial charge in [-0.1, -0.05) is 68.4 Å². The molecule has 2 heterocycles. The van der Waals surface area contributed by atoms with Crippen LogP contribution in [0.3, 0.4) is 0 Å². The number of Topliss-reactive ketones (excluding diaryl/α,β-unsaturated/α-hetero) is 2. The van der Waals surface area contributed by atoms with Crippen LogP contribution in [-0.4, -0.2) is 92.8 Å². The first kappa shape index (κ1) is 45.3. The van der Waals surface area contributed by atoms with Crippen molar-refractivity contribution in [3.05, 3.63) is 137 Å². The number of fused-ring (bicyclic) bond motifs is 1. The van der Waals surface area contributed by atoms with Crippen molar-refractivity contribution in [1.29, 1.82) is 0 Å². The zero-order chi connectivity index (χ0) is 41.4. The summed E-state index contributed by atoms with van der Waals surface area (Å²) in [4.78, 5) is 55.6. The van der Waals surface area contributed by atoms with Gasteiger partial charge in [0.25, 0.3) is 11.8 Å². The highest BCUT2D eigenvalue weighted by atomic mass is 19.1. The minimum absolute atomic E-state index is 0. The first-order valence-electron chi connectivity index (χ1n) is 20.5. The van der Waals surface area contributed by atoms with Gasteiger partial charge < -0.3 is 25.0 Å². The van der Waals surface area contributed by atoms with Crippen LogP contribution in [-0.2, 0) is 4.74 Å². The molecule has 60 heavy (non-hydrogen) atoms. The summed E-state index contributed by atoms with van der Waals surface area (Å²) in [7, 11) is 1.43. The Hall–Kier alpha value is -5.75. The number of amides is 2. The predicted octanol–water partition coefficient (Wildman–Crippen LogP) is 9.56. The number of anilines is 2. The molecule has 2 N–H and O–H groups in total. The van der Waals surface area contributed by atoms with Crippen molar-refractivity contribution in [2.75, 3.05) is 70.2 Å². The highest BCUT2D eigenvalue weighted by Crippen LogP contribution is 2.23. The number of hydrogen-bond donors (Lipinski definition) is 2. The molecule has 2 aliphatic heterocycles. The number of halogens is 1. The van der Waals surface area contributed by atoms with Gasteiger partial charge in [-0.2, -0.15) is 0 Å². The molecule has 0 bridgehead atoms. The summed E-state index contributed by atoms with van der Waals surface area (Å²) in [5.74, 6) is -1.13. The van der Waals surface area contributed by atoms with E-state index in [9.17, 15) is 23.6 Å². The number of nitrogens with one attached hydrogen (secondary N) is 2. The minimum atomic E-state index is -0.684. The third-order valence-electron chi connectivity index (χ3n) is 10.7. The lowest BCUT2D eigenvalue weighted by Gasteiger charge is -2.26. The van der Waals surface area contributed by atoms with Crippen LogP contribution in [0.5, 0.6) is 5.75 Å². The average molecular weight is 817 g/mol. The second kappa shape index (κ2) is 23.1. The fourth-order valence-electron chi connectivity index (χ4n) is 7.40. The highest BCUT2D eigenvalue weighted by Gasteiger charge is 2.19. The van der Waals surface area contributed by atoms with Crippen LogP contribution in [0.1, 0.15) is 93.8 Å². The van der Waals surface area contributed by atoms with Gasteiger partial charge in [-0.3, -0.25) is 24.1 Å². The molecular formula is C49H57FN4O6. The molecule has 316 valence electrons. The van der Waals surface area contributed by atoms with Crippen molar-refractivity contribution in [3.63, 3.8) is 0 Å². The quantitative estimate of drug-likeness (QED) is 0.100. The monoisotopic (exact) mass is 816 g/mol. The van der Waals surface area contributed by atoms with E-state index in [1.165, 1.54) is 38.5 Å². The van der Waals surface area contributed by atoms with Crippen molar-refractivity contribution in [3.8, 4) is 5.75 Å². The fourth-order valence-corrected chi connectivity index (χ4v) is 7.40. The number of carbonyl (C=O) groups excluding carboxylic acids is 4. The van der Waals surface area contributed by atoms with Crippen LogP contribution in [0.25, 0.3) is 10.8 Å². The van der Waals surface area contributed by atoms with Crippen LogP contribution in [0, 0.1) is 5.82 Å². The molecular weight excluding hydrogens is 760 g/mol. The lowest BCUT2D eigenvalue weighted by molar-refractivity contribution is 0.0371. The number of hydrogen-bond acceptors (Lipinski definition) is 8. The van der Waals surface area contributed by atoms with Gasteiger partial charge in [0.05, 0.1) is 37.3 Å². The Morgan fingerprint density at radius 3 is 1.77 bits per heavy atom. The standard InChI is InChI=1S/C26H28N2O2.C22H25FN2O4.CH4/c29-25(13-8-18-28-16-6-1-7-17-28)23-11-4-5-12-24(23)27-26(30)22-15-14-20-9-2-3-10-21(20)19-22;1-28-16-8-9-17(19(23)15-16)22(27)24-20-6-3-2-5-18(20)21(26)7-4-10-25-11-13-29-14-12-25;/h2-5,9-12,14-15,19H,1,6-8,13,16-18H2,(H,27,30);2-3,5-6,8-9,15H,4,7,10-14H2,1H3,(H,24,27);1H4. The third-order valence-corrected chi connectivity index (χ3v) is 10.7. The maximum Gasteiger partial charge on any atom is 0.258 e. The van der Waals surface area contributed by atoms with Gasteiger partial charge in [-0.15, -0.1) is 0 Å². The summed E-state index contributed by atoms with van der Waals surface area (Å²) in [6, 6.07) is 31.7. The molecule has 2 saturated heterocycles. The molecule has 0 unspecified atom stereocenters. The van der Waals surface area contributed by atoms with Gasteiger partial charge in [-0.25, -0.2) is 4.39 Å². The van der Waals surface area contributed by atoms with Crippen molar-refractivity contribution in [2.24, 2.45) is 0 Å². The number of carbonyl (C=O) groups is 4. The lowest BCUT2D eigenvalue weighted by Crippen LogP contribution is -2.36. The van der Waals surface area contributed by atoms with Crippen LogP contribution in [0.2, 0.25) is 0 Å². The summed E-state index contributed by atoms with van der Waals surface area (Å²) in [6.07, 6.45) is 6.30. The van der Waals surface area contributed by atoms with Crippen LogP contribution in [0.4, 0.5) is 15.8 Å². The Morgan fingerprint density at radius 1 is 0.617 bits per heavy atom. The number of piperidine rings is 1. The zero-order valence-electron chi connectivity index (χ0n) is 33.7. The number of rotatable bonds is 15. The molecule has 2 aliphatic rings. The lowest BCUT2D eigenvalue weighted by atomic mass is 10.0. The van der Waals surface area contributed by atoms with E-state index in [0.29, 0.717) is 46.7 Å². The molecule has 0 radical (unpaired) electrons. The van der Waals surface area contributed by atoms with Gasteiger partial charge >= 0.3 is 0 Å². The molecule has 0 aliphatic carbocycles. The van der Waals surface area contributed by atoms with Gasteiger partial charge in [0, 0.05) is 48.7 Å². The van der Waals surface area contributed by atoms with E-state index in [1.807, 2.05) is 54.6 Å². The number of ether oxygens (including phenoxy) is 2. The number of methoxy groups -OCH3 is 1. The number of benzene rings is 5. The second-order valence-electron chi connectivity index (χ2n) is 14.8. The topological polar surface area (TPSA) is 117 Å². The molecule has 0 saturated carbocycles. The van der Waals surface area contributed by atoms with Gasteiger partial charge in [-0.05, 0) is 111 Å². The largest absolute Gasteiger partial charge is 0.497 e. The zero-order valence-corrected chi connectivity index (χ0v) is 33.7. The van der Waals surface area contributed by atoms with Crippen LogP contribution < -0.4 is 15.4 Å². The summed E-state index contributed by atoms with van der Waals surface area (Å²) >= 11 is 0. The first-order valence-corrected chi connectivity index (χ1v) is 20.5. The van der Waals surface area contributed by atoms with E-state index in [4.69, 9.17) is 9.47 Å². The van der Waals surface area contributed by atoms with Crippen molar-refractivity contribution in [2.45, 2.75) is 52.4 Å². The SMILES string of the molecule is C.COc1ccc(C(=O)Nc2ccccc2C(=O)CCCN2CCOCC2)c(F)c1.O=C(Nc1ccccc1C(=O)CCCN1CCCCC1)c1ccc2ccccc2c1. The first-order chi connectivity index (χ1) is 28.8. The Balaban J connectivity index is 0.000000224. The number of ketones is 2. The summed E-state index contributed by atoms with van der Waals surface area (Å²) in [5, 5.41) is 7.72. The normalized spacial score (nSPS) is 14.2. The molecule has 5 aromatic rings. The van der Waals surface area contributed by atoms with E-state index >= 15 is 0 Å². The molecule has 7 rings (SSSR count). The Kier molecular flexibility index (Phi) is 17.5. The van der Waals surface area contributed by atoms with Crippen molar-refractivity contribution in [1.82, 2.24) is 9.80 Å². The van der Waals surface area contributed by atoms with E-state index in [-0.39, 0.29) is 30.5 Å². The molecule has 0 spiro atoms. The van der Waals surface area contributed by atoms with Crippen molar-refractivity contribution < 1.29 is 33.0 Å². The van der Waals surface area contributed by atoms with Gasteiger partial charge in [0.1, 0.15) is 11.6 Å². The molecule has 10 nitrogen and oxygen atoms in total. The number of morpholine rings is 1. The van der Waals surface area contributed by atoms with Gasteiger partial charge in [0.15, 0.2) is 11.6 Å². The number of likely N-dealkylation sites (tertiary alicyclic amines) is 1. The van der Waals surface area contributed by atoms with Crippen molar-refractivity contribution >= 4 is 45.5 Å². The second-order valence-corrected chi connectivity index (χ2v) is 14.8. The van der Waals surface area contributed by atoms with E-state index in [2.05, 4.69) is 20.4 Å². The minimum Gasteiger partial charge on any atom is -0.497 e. The Morgan fingerprint density at radius 2 is 1.17 bits per heavy atom. The molecule has 2 fully saturated rings. The predicted molar refractivity (Wildman–Crippen MR) is 237 cm³/mol. The van der Waals surface area contributed by atoms with E-state index < -0.39 is 11.7 Å². The number of nitrogens with zero attached hydrogens (tertiary/aromatic N) is 2. The van der Waals surface area contributed by atoms with Crippen LogP contribution in [0.15, 0.2) is 109 Å². The molecule has 5 aromatic carbocycles.